The van der Waals surface area contributed by atoms with Crippen LogP contribution in [0.25, 0.3) is 10.9 Å². The zero-order valence-electron chi connectivity index (χ0n) is 13.2. The van der Waals surface area contributed by atoms with Gasteiger partial charge in [0.25, 0.3) is 5.91 Å². The highest BCUT2D eigenvalue weighted by Gasteiger charge is 2.40. The number of aliphatic carboxylic acids is 1. The average molecular weight is 322 g/mol. The van der Waals surface area contributed by atoms with Crippen molar-refractivity contribution >= 4 is 22.8 Å². The largest absolute Gasteiger partial charge is 0.479 e. The molecule has 24 heavy (non-hydrogen) atoms. The molecule has 0 fully saturated rings. The Morgan fingerprint density at radius 1 is 1.08 bits per heavy atom. The number of amides is 1. The third kappa shape index (κ3) is 2.54. The summed E-state index contributed by atoms with van der Waals surface area (Å²) < 4.78 is 0. The van der Waals surface area contributed by atoms with E-state index in [9.17, 15) is 14.7 Å². The molecule has 1 heterocycles. The maximum absolute atomic E-state index is 12.8. The molecule has 3 rings (SSSR count). The van der Waals surface area contributed by atoms with Crippen LogP contribution in [0, 0.1) is 0 Å². The second kappa shape index (κ2) is 6.20. The van der Waals surface area contributed by atoms with E-state index in [4.69, 9.17) is 0 Å². The Bertz CT molecular complexity index is 886. The van der Waals surface area contributed by atoms with Crippen LogP contribution in [0.1, 0.15) is 29.3 Å². The highest BCUT2D eigenvalue weighted by molar-refractivity contribution is 6.07. The fourth-order valence-electron chi connectivity index (χ4n) is 2.95. The molecule has 0 spiro atoms. The zero-order valence-corrected chi connectivity index (χ0v) is 13.2. The summed E-state index contributed by atoms with van der Waals surface area (Å²) in [6.07, 6.45) is 1.99. The van der Waals surface area contributed by atoms with Gasteiger partial charge in [-0.1, -0.05) is 49.4 Å². The van der Waals surface area contributed by atoms with Gasteiger partial charge in [-0.3, -0.25) is 4.79 Å². The minimum absolute atomic E-state index is 0.235. The molecule has 5 heteroatoms. The SMILES string of the molecule is CCC(NC(=O)c1cccc2cc[nH]c12)(C(=O)O)c1ccccc1. The molecule has 0 bridgehead atoms. The molecule has 1 unspecified atom stereocenters. The van der Waals surface area contributed by atoms with Crippen LogP contribution < -0.4 is 5.32 Å². The van der Waals surface area contributed by atoms with Gasteiger partial charge in [-0.05, 0) is 24.1 Å². The quantitative estimate of drug-likeness (QED) is 0.674. The van der Waals surface area contributed by atoms with Crippen LogP contribution in [0.15, 0.2) is 60.8 Å². The van der Waals surface area contributed by atoms with E-state index >= 15 is 0 Å². The Hall–Kier alpha value is -3.08. The molecule has 1 amide bonds. The second-order valence-electron chi connectivity index (χ2n) is 5.63. The molecule has 0 aliphatic heterocycles. The Labute approximate surface area is 139 Å². The second-order valence-corrected chi connectivity index (χ2v) is 5.63. The molecule has 0 aliphatic carbocycles. The number of H-pyrrole nitrogens is 1. The first-order valence-electron chi connectivity index (χ1n) is 7.76. The number of benzene rings is 2. The van der Waals surface area contributed by atoms with E-state index in [0.29, 0.717) is 16.6 Å². The van der Waals surface area contributed by atoms with Crippen molar-refractivity contribution in [2.45, 2.75) is 18.9 Å². The topological polar surface area (TPSA) is 82.2 Å². The molecule has 1 aromatic heterocycles. The third-order valence-corrected chi connectivity index (χ3v) is 4.32. The monoisotopic (exact) mass is 322 g/mol. The maximum Gasteiger partial charge on any atom is 0.334 e. The molecule has 0 aliphatic rings. The first kappa shape index (κ1) is 15.8. The highest BCUT2D eigenvalue weighted by atomic mass is 16.4. The lowest BCUT2D eigenvalue weighted by atomic mass is 9.86. The Balaban J connectivity index is 2.03. The van der Waals surface area contributed by atoms with E-state index in [1.54, 1.807) is 49.5 Å². The smallest absolute Gasteiger partial charge is 0.334 e. The van der Waals surface area contributed by atoms with Crippen LogP contribution >= 0.6 is 0 Å². The number of rotatable bonds is 5. The van der Waals surface area contributed by atoms with E-state index in [1.165, 1.54) is 0 Å². The predicted molar refractivity (Wildman–Crippen MR) is 91.8 cm³/mol. The first-order valence-corrected chi connectivity index (χ1v) is 7.76. The van der Waals surface area contributed by atoms with Gasteiger partial charge in [0.05, 0.1) is 11.1 Å². The Morgan fingerprint density at radius 2 is 1.83 bits per heavy atom. The van der Waals surface area contributed by atoms with E-state index in [2.05, 4.69) is 10.3 Å². The van der Waals surface area contributed by atoms with Crippen LogP contribution in [-0.2, 0) is 10.3 Å². The van der Waals surface area contributed by atoms with Crippen molar-refractivity contribution in [3.05, 3.63) is 71.9 Å². The first-order chi connectivity index (χ1) is 11.6. The number of carboxylic acids is 1. The van der Waals surface area contributed by atoms with Crippen molar-refractivity contribution in [1.82, 2.24) is 10.3 Å². The van der Waals surface area contributed by atoms with E-state index in [-0.39, 0.29) is 6.42 Å². The Morgan fingerprint density at radius 3 is 2.50 bits per heavy atom. The van der Waals surface area contributed by atoms with Crippen molar-refractivity contribution in [3.63, 3.8) is 0 Å². The van der Waals surface area contributed by atoms with E-state index in [1.807, 2.05) is 18.2 Å². The van der Waals surface area contributed by atoms with Crippen LogP contribution in [0.2, 0.25) is 0 Å². The van der Waals surface area contributed by atoms with Gasteiger partial charge in [-0.15, -0.1) is 0 Å². The fraction of sp³-hybridized carbons (Fsp3) is 0.158. The summed E-state index contributed by atoms with van der Waals surface area (Å²) >= 11 is 0. The van der Waals surface area contributed by atoms with E-state index < -0.39 is 17.4 Å². The molecule has 122 valence electrons. The van der Waals surface area contributed by atoms with Crippen molar-refractivity contribution in [2.24, 2.45) is 0 Å². The molecule has 5 nitrogen and oxygen atoms in total. The van der Waals surface area contributed by atoms with Crippen molar-refractivity contribution in [3.8, 4) is 0 Å². The van der Waals surface area contributed by atoms with E-state index in [0.717, 1.165) is 5.39 Å². The lowest BCUT2D eigenvalue weighted by molar-refractivity contribution is -0.145. The van der Waals surface area contributed by atoms with Gasteiger partial charge >= 0.3 is 5.97 Å². The van der Waals surface area contributed by atoms with Crippen molar-refractivity contribution < 1.29 is 14.7 Å². The summed E-state index contributed by atoms with van der Waals surface area (Å²) in [4.78, 5) is 27.9. The molecule has 2 aromatic carbocycles. The summed E-state index contributed by atoms with van der Waals surface area (Å²) in [6, 6.07) is 16.0. The van der Waals surface area contributed by atoms with Gasteiger partial charge in [0.1, 0.15) is 0 Å². The number of fused-ring (bicyclic) bond motifs is 1. The lowest BCUT2D eigenvalue weighted by Crippen LogP contribution is -2.51. The number of carbonyl (C=O) groups excluding carboxylic acids is 1. The summed E-state index contributed by atoms with van der Waals surface area (Å²) in [5.74, 6) is -1.50. The molecule has 0 radical (unpaired) electrons. The highest BCUT2D eigenvalue weighted by Crippen LogP contribution is 2.27. The van der Waals surface area contributed by atoms with Gasteiger partial charge in [-0.25, -0.2) is 4.79 Å². The van der Waals surface area contributed by atoms with Crippen LogP contribution in [0.3, 0.4) is 0 Å². The summed E-state index contributed by atoms with van der Waals surface area (Å²) in [5, 5.41) is 13.5. The van der Waals surface area contributed by atoms with Crippen LogP contribution in [0.5, 0.6) is 0 Å². The summed E-state index contributed by atoms with van der Waals surface area (Å²) in [6.45, 7) is 1.75. The third-order valence-electron chi connectivity index (χ3n) is 4.32. The van der Waals surface area contributed by atoms with Crippen molar-refractivity contribution in [1.29, 1.82) is 0 Å². The maximum atomic E-state index is 12.8. The number of nitrogens with one attached hydrogen (secondary N) is 2. The molecule has 3 N–H and O–H groups in total. The van der Waals surface area contributed by atoms with Crippen LogP contribution in [0.4, 0.5) is 0 Å². The number of hydrogen-bond acceptors (Lipinski definition) is 2. The lowest BCUT2D eigenvalue weighted by Gasteiger charge is -2.30. The fourth-order valence-corrected chi connectivity index (χ4v) is 2.95. The average Bonchev–Trinajstić information content (AvgIpc) is 3.08. The summed E-state index contributed by atoms with van der Waals surface area (Å²) in [7, 11) is 0. The molecule has 3 aromatic rings. The zero-order chi connectivity index (χ0) is 17.2. The molecule has 0 saturated carbocycles. The molecule has 0 saturated heterocycles. The number of aromatic nitrogens is 1. The number of carboxylic acid groups (broad SMARTS) is 1. The Kier molecular flexibility index (Phi) is 4.08. The predicted octanol–water partition coefficient (Wildman–Crippen LogP) is 3.29. The number of hydrogen-bond donors (Lipinski definition) is 3. The minimum Gasteiger partial charge on any atom is -0.479 e. The summed E-state index contributed by atoms with van der Waals surface area (Å²) in [5.41, 5.74) is 0.200. The standard InChI is InChI=1S/C19H18N2O3/c1-2-19(18(23)24,14-8-4-3-5-9-14)21-17(22)15-10-6-7-13-11-12-20-16(13)15/h3-12,20H,2H2,1H3,(H,21,22)(H,23,24). The molecular weight excluding hydrogens is 304 g/mol. The number of carbonyl (C=O) groups is 2. The number of para-hydroxylation sites is 1. The van der Waals surface area contributed by atoms with Gasteiger partial charge in [-0.2, -0.15) is 0 Å². The van der Waals surface area contributed by atoms with Crippen molar-refractivity contribution in [2.75, 3.05) is 0 Å². The van der Waals surface area contributed by atoms with Gasteiger partial charge in [0.15, 0.2) is 5.54 Å². The minimum atomic E-state index is -1.47. The molecule has 1 atom stereocenters. The van der Waals surface area contributed by atoms with Gasteiger partial charge in [0, 0.05) is 11.6 Å². The normalized spacial score (nSPS) is 13.4. The van der Waals surface area contributed by atoms with Crippen LogP contribution in [-0.4, -0.2) is 22.0 Å². The number of aromatic amines is 1. The van der Waals surface area contributed by atoms with Gasteiger partial charge < -0.3 is 15.4 Å². The molecular formula is C19H18N2O3. The van der Waals surface area contributed by atoms with Gasteiger partial charge in [0.2, 0.25) is 0 Å².